The van der Waals surface area contributed by atoms with Crippen molar-refractivity contribution in [2.75, 3.05) is 25.0 Å². The highest BCUT2D eigenvalue weighted by Crippen LogP contribution is 2.23. The first-order valence-corrected chi connectivity index (χ1v) is 9.30. The Morgan fingerprint density at radius 3 is 2.27 bits per heavy atom. The molecule has 3 rings (SSSR count). The second-order valence-electron chi connectivity index (χ2n) is 6.97. The molecule has 4 nitrogen and oxygen atoms in total. The van der Waals surface area contributed by atoms with E-state index in [0.29, 0.717) is 0 Å². The first kappa shape index (κ1) is 18.3. The number of likely N-dealkylation sites (tertiary alicyclic amines) is 1. The summed E-state index contributed by atoms with van der Waals surface area (Å²) in [6.07, 6.45) is 2.90. The minimum atomic E-state index is -0.105. The molecule has 1 aliphatic heterocycles. The van der Waals surface area contributed by atoms with Crippen molar-refractivity contribution in [1.29, 1.82) is 0 Å². The SMILES string of the molecule is CC(=O)Nc1ccc(C(=O)C2CCN(CCc3ccccc3)CC2)cc1. The van der Waals surface area contributed by atoms with Gasteiger partial charge >= 0.3 is 0 Å². The molecule has 2 aromatic rings. The average molecular weight is 350 g/mol. The third-order valence-corrected chi connectivity index (χ3v) is 5.01. The first-order chi connectivity index (χ1) is 12.6. The number of carbonyl (C=O) groups excluding carboxylic acids is 2. The minimum Gasteiger partial charge on any atom is -0.326 e. The Labute approximate surface area is 155 Å². The van der Waals surface area contributed by atoms with E-state index in [2.05, 4.69) is 34.5 Å². The third-order valence-electron chi connectivity index (χ3n) is 5.01. The van der Waals surface area contributed by atoms with Crippen LogP contribution in [0.4, 0.5) is 5.69 Å². The van der Waals surface area contributed by atoms with Crippen LogP contribution in [0.2, 0.25) is 0 Å². The van der Waals surface area contributed by atoms with Crippen LogP contribution in [-0.4, -0.2) is 36.2 Å². The largest absolute Gasteiger partial charge is 0.326 e. The quantitative estimate of drug-likeness (QED) is 0.807. The summed E-state index contributed by atoms with van der Waals surface area (Å²) in [5, 5.41) is 2.73. The molecule has 2 aromatic carbocycles. The van der Waals surface area contributed by atoms with Gasteiger partial charge in [-0.2, -0.15) is 0 Å². The summed E-state index contributed by atoms with van der Waals surface area (Å²) in [6.45, 7) is 4.49. The smallest absolute Gasteiger partial charge is 0.221 e. The Bertz CT molecular complexity index is 732. The van der Waals surface area contributed by atoms with E-state index < -0.39 is 0 Å². The van der Waals surface area contributed by atoms with E-state index in [9.17, 15) is 9.59 Å². The number of amides is 1. The molecule has 1 aliphatic rings. The average Bonchev–Trinajstić information content (AvgIpc) is 2.67. The Kier molecular flexibility index (Phi) is 6.18. The number of hydrogen-bond acceptors (Lipinski definition) is 3. The van der Waals surface area contributed by atoms with Crippen LogP contribution in [0, 0.1) is 5.92 Å². The number of nitrogens with zero attached hydrogens (tertiary/aromatic N) is 1. The van der Waals surface area contributed by atoms with E-state index in [1.165, 1.54) is 12.5 Å². The van der Waals surface area contributed by atoms with E-state index >= 15 is 0 Å². The van der Waals surface area contributed by atoms with Crippen molar-refractivity contribution in [2.24, 2.45) is 5.92 Å². The molecule has 0 unspecified atom stereocenters. The normalized spacial score (nSPS) is 15.6. The zero-order chi connectivity index (χ0) is 18.4. The molecule has 0 atom stereocenters. The van der Waals surface area contributed by atoms with Gasteiger partial charge in [-0.05, 0) is 62.2 Å². The maximum absolute atomic E-state index is 12.7. The highest BCUT2D eigenvalue weighted by Gasteiger charge is 2.25. The highest BCUT2D eigenvalue weighted by atomic mass is 16.1. The topological polar surface area (TPSA) is 49.4 Å². The Morgan fingerprint density at radius 1 is 1.00 bits per heavy atom. The van der Waals surface area contributed by atoms with Crippen molar-refractivity contribution in [1.82, 2.24) is 4.90 Å². The number of nitrogens with one attached hydrogen (secondary N) is 1. The second-order valence-corrected chi connectivity index (χ2v) is 6.97. The van der Waals surface area contributed by atoms with Gasteiger partial charge in [0.05, 0.1) is 0 Å². The van der Waals surface area contributed by atoms with Gasteiger partial charge in [0.2, 0.25) is 5.91 Å². The lowest BCUT2D eigenvalue weighted by Crippen LogP contribution is -2.37. The van der Waals surface area contributed by atoms with Crippen molar-refractivity contribution in [3.8, 4) is 0 Å². The Balaban J connectivity index is 1.48. The summed E-state index contributed by atoms with van der Waals surface area (Å²) in [5.74, 6) is 0.226. The van der Waals surface area contributed by atoms with Gasteiger partial charge in [0.25, 0.3) is 0 Å². The fourth-order valence-electron chi connectivity index (χ4n) is 3.51. The summed E-state index contributed by atoms with van der Waals surface area (Å²) >= 11 is 0. The molecular weight excluding hydrogens is 324 g/mol. The van der Waals surface area contributed by atoms with E-state index in [1.54, 1.807) is 12.1 Å². The zero-order valence-corrected chi connectivity index (χ0v) is 15.3. The lowest BCUT2D eigenvalue weighted by atomic mass is 9.88. The summed E-state index contributed by atoms with van der Waals surface area (Å²) in [7, 11) is 0. The summed E-state index contributed by atoms with van der Waals surface area (Å²) < 4.78 is 0. The van der Waals surface area contributed by atoms with Crippen LogP contribution >= 0.6 is 0 Å². The van der Waals surface area contributed by atoms with Crippen molar-refractivity contribution < 1.29 is 9.59 Å². The lowest BCUT2D eigenvalue weighted by Gasteiger charge is -2.31. The van der Waals surface area contributed by atoms with Gasteiger partial charge in [-0.3, -0.25) is 9.59 Å². The van der Waals surface area contributed by atoms with Gasteiger partial charge in [0.1, 0.15) is 0 Å². The Morgan fingerprint density at radius 2 is 1.65 bits per heavy atom. The number of carbonyl (C=O) groups is 2. The fraction of sp³-hybridized carbons (Fsp3) is 0.364. The molecule has 4 heteroatoms. The number of rotatable bonds is 6. The van der Waals surface area contributed by atoms with Crippen LogP contribution < -0.4 is 5.32 Å². The molecule has 1 saturated heterocycles. The van der Waals surface area contributed by atoms with Gasteiger partial charge in [-0.15, -0.1) is 0 Å². The predicted octanol–water partition coefficient (Wildman–Crippen LogP) is 3.78. The second kappa shape index (κ2) is 8.77. The maximum atomic E-state index is 12.7. The van der Waals surface area contributed by atoms with E-state index in [-0.39, 0.29) is 17.6 Å². The van der Waals surface area contributed by atoms with Gasteiger partial charge in [-0.25, -0.2) is 0 Å². The minimum absolute atomic E-state index is 0.105. The highest BCUT2D eigenvalue weighted by molar-refractivity contribution is 5.98. The number of Topliss-reactive ketones (excluding diaryl/α,β-unsaturated/α-hetero) is 1. The molecule has 1 heterocycles. The van der Waals surface area contributed by atoms with E-state index in [0.717, 1.165) is 50.1 Å². The van der Waals surface area contributed by atoms with Gasteiger partial charge < -0.3 is 10.2 Å². The molecule has 0 bridgehead atoms. The fourth-order valence-corrected chi connectivity index (χ4v) is 3.51. The van der Waals surface area contributed by atoms with Crippen LogP contribution in [0.15, 0.2) is 54.6 Å². The standard InChI is InChI=1S/C22H26N2O2/c1-17(25)23-21-9-7-19(8-10-21)22(26)20-12-15-24(16-13-20)14-11-18-5-3-2-4-6-18/h2-10,20H,11-16H2,1H3,(H,23,25). The lowest BCUT2D eigenvalue weighted by molar-refractivity contribution is -0.114. The molecular formula is C22H26N2O2. The van der Waals surface area contributed by atoms with Crippen LogP contribution in [0.25, 0.3) is 0 Å². The molecule has 0 spiro atoms. The van der Waals surface area contributed by atoms with Crippen LogP contribution in [-0.2, 0) is 11.2 Å². The van der Waals surface area contributed by atoms with Gasteiger partial charge in [0.15, 0.2) is 5.78 Å². The van der Waals surface area contributed by atoms with Crippen LogP contribution in [0.1, 0.15) is 35.7 Å². The van der Waals surface area contributed by atoms with Gasteiger partial charge in [-0.1, -0.05) is 30.3 Å². The number of piperidine rings is 1. The molecule has 0 saturated carbocycles. The summed E-state index contributed by atoms with van der Waals surface area (Å²) in [5.41, 5.74) is 2.83. The first-order valence-electron chi connectivity index (χ1n) is 9.30. The molecule has 0 radical (unpaired) electrons. The molecule has 26 heavy (non-hydrogen) atoms. The van der Waals surface area contributed by atoms with Crippen LogP contribution in [0.3, 0.4) is 0 Å². The van der Waals surface area contributed by atoms with Crippen molar-refractivity contribution in [3.63, 3.8) is 0 Å². The van der Waals surface area contributed by atoms with Crippen molar-refractivity contribution >= 4 is 17.4 Å². The number of benzene rings is 2. The number of ketones is 1. The van der Waals surface area contributed by atoms with E-state index in [1.807, 2.05) is 18.2 Å². The number of anilines is 1. The molecule has 1 amide bonds. The van der Waals surface area contributed by atoms with Crippen molar-refractivity contribution in [2.45, 2.75) is 26.2 Å². The number of hydrogen-bond donors (Lipinski definition) is 1. The molecule has 1 N–H and O–H groups in total. The molecule has 0 aliphatic carbocycles. The predicted molar refractivity (Wildman–Crippen MR) is 104 cm³/mol. The maximum Gasteiger partial charge on any atom is 0.221 e. The monoisotopic (exact) mass is 350 g/mol. The van der Waals surface area contributed by atoms with Crippen LogP contribution in [0.5, 0.6) is 0 Å². The third kappa shape index (κ3) is 5.02. The summed E-state index contributed by atoms with van der Waals surface area (Å²) in [4.78, 5) is 26.2. The zero-order valence-electron chi connectivity index (χ0n) is 15.3. The summed E-state index contributed by atoms with van der Waals surface area (Å²) in [6, 6.07) is 17.8. The molecule has 136 valence electrons. The van der Waals surface area contributed by atoms with Gasteiger partial charge in [0, 0.05) is 30.6 Å². The molecule has 0 aromatic heterocycles. The Hall–Kier alpha value is -2.46. The molecule has 1 fully saturated rings. The van der Waals surface area contributed by atoms with E-state index in [4.69, 9.17) is 0 Å². The van der Waals surface area contributed by atoms with Crippen molar-refractivity contribution in [3.05, 3.63) is 65.7 Å².